The topological polar surface area (TPSA) is 102 Å². The Bertz CT molecular complexity index is 1310. The quantitative estimate of drug-likeness (QED) is 0.458. The molecule has 1 aliphatic carbocycles. The first-order valence-electron chi connectivity index (χ1n) is 12.0. The van der Waals surface area contributed by atoms with Crippen molar-refractivity contribution < 1.29 is 23.5 Å². The van der Waals surface area contributed by atoms with E-state index >= 15 is 0 Å². The van der Waals surface area contributed by atoms with E-state index in [9.17, 15) is 9.59 Å². The summed E-state index contributed by atoms with van der Waals surface area (Å²) in [6.07, 6.45) is 2.88. The van der Waals surface area contributed by atoms with Crippen molar-refractivity contribution in [3.8, 4) is 11.5 Å². The van der Waals surface area contributed by atoms with Gasteiger partial charge in [-0.05, 0) is 62.4 Å². The SMILES string of the molecule is COc1ccc(CCNC(=O)c2oc3c(c2C)/C(=N/NC(=O)c2ccccc2C)CCC3)cc1OC. The van der Waals surface area contributed by atoms with Gasteiger partial charge in [-0.3, -0.25) is 9.59 Å². The number of carbonyl (C=O) groups excluding carboxylic acids is 2. The van der Waals surface area contributed by atoms with Crippen LogP contribution in [0, 0.1) is 13.8 Å². The van der Waals surface area contributed by atoms with Crippen molar-refractivity contribution in [2.45, 2.75) is 39.5 Å². The normalized spacial score (nSPS) is 13.7. The second kappa shape index (κ2) is 11.1. The lowest BCUT2D eigenvalue weighted by atomic mass is 9.93. The van der Waals surface area contributed by atoms with E-state index in [4.69, 9.17) is 13.9 Å². The summed E-state index contributed by atoms with van der Waals surface area (Å²) in [6.45, 7) is 4.18. The molecule has 1 aromatic heterocycles. The molecule has 1 aliphatic rings. The number of hydrogen-bond acceptors (Lipinski definition) is 6. The van der Waals surface area contributed by atoms with Crippen molar-refractivity contribution in [1.82, 2.24) is 10.7 Å². The molecule has 0 atom stereocenters. The molecule has 0 saturated carbocycles. The Hall–Kier alpha value is -4.07. The van der Waals surface area contributed by atoms with Crippen LogP contribution in [0.5, 0.6) is 11.5 Å². The summed E-state index contributed by atoms with van der Waals surface area (Å²) in [6, 6.07) is 13.1. The minimum atomic E-state index is -0.273. The number of methoxy groups -OCH3 is 2. The molecule has 8 heteroatoms. The van der Waals surface area contributed by atoms with Crippen molar-refractivity contribution in [2.24, 2.45) is 5.10 Å². The van der Waals surface area contributed by atoms with Crippen molar-refractivity contribution >= 4 is 17.5 Å². The van der Waals surface area contributed by atoms with Gasteiger partial charge in [-0.2, -0.15) is 5.10 Å². The summed E-state index contributed by atoms with van der Waals surface area (Å²) >= 11 is 0. The third kappa shape index (κ3) is 5.27. The fraction of sp³-hybridized carbons (Fsp3) is 0.321. The molecule has 2 N–H and O–H groups in total. The van der Waals surface area contributed by atoms with Crippen LogP contribution >= 0.6 is 0 Å². The molecule has 0 spiro atoms. The van der Waals surface area contributed by atoms with Crippen molar-refractivity contribution in [3.63, 3.8) is 0 Å². The van der Waals surface area contributed by atoms with Crippen molar-refractivity contribution in [1.29, 1.82) is 0 Å². The average Bonchev–Trinajstić information content (AvgIpc) is 3.24. The Labute approximate surface area is 210 Å². The molecule has 36 heavy (non-hydrogen) atoms. The maximum Gasteiger partial charge on any atom is 0.287 e. The molecule has 2 amide bonds. The van der Waals surface area contributed by atoms with Gasteiger partial charge in [0.05, 0.1) is 19.9 Å². The van der Waals surface area contributed by atoms with E-state index < -0.39 is 0 Å². The lowest BCUT2D eigenvalue weighted by Crippen LogP contribution is -2.26. The fourth-order valence-corrected chi connectivity index (χ4v) is 4.44. The maximum absolute atomic E-state index is 12.9. The molecule has 0 aliphatic heterocycles. The summed E-state index contributed by atoms with van der Waals surface area (Å²) in [7, 11) is 3.19. The number of furan rings is 1. The minimum Gasteiger partial charge on any atom is -0.493 e. The molecule has 188 valence electrons. The third-order valence-electron chi connectivity index (χ3n) is 6.36. The van der Waals surface area contributed by atoms with Crippen molar-refractivity contribution in [3.05, 3.63) is 81.8 Å². The number of carbonyl (C=O) groups is 2. The van der Waals surface area contributed by atoms with Gasteiger partial charge in [0.2, 0.25) is 0 Å². The number of hydrogen-bond donors (Lipinski definition) is 2. The number of hydrazone groups is 1. The number of nitrogens with zero attached hydrogens (tertiary/aromatic N) is 1. The van der Waals surface area contributed by atoms with E-state index in [0.29, 0.717) is 36.4 Å². The van der Waals surface area contributed by atoms with Crippen LogP contribution in [0.4, 0.5) is 0 Å². The lowest BCUT2D eigenvalue weighted by molar-refractivity contribution is 0.0922. The number of ether oxygens (including phenoxy) is 2. The second-order valence-corrected chi connectivity index (χ2v) is 8.72. The highest BCUT2D eigenvalue weighted by Gasteiger charge is 2.28. The Kier molecular flexibility index (Phi) is 7.73. The average molecular weight is 490 g/mol. The molecule has 0 radical (unpaired) electrons. The molecule has 0 fully saturated rings. The van der Waals surface area contributed by atoms with E-state index in [1.54, 1.807) is 20.3 Å². The number of amides is 2. The maximum atomic E-state index is 12.9. The van der Waals surface area contributed by atoms with Crippen LogP contribution in [0.25, 0.3) is 0 Å². The summed E-state index contributed by atoms with van der Waals surface area (Å²) in [5.41, 5.74) is 7.43. The molecule has 8 nitrogen and oxygen atoms in total. The molecular formula is C28H31N3O5. The van der Waals surface area contributed by atoms with E-state index in [2.05, 4.69) is 15.8 Å². The van der Waals surface area contributed by atoms with Gasteiger partial charge in [0.1, 0.15) is 5.76 Å². The minimum absolute atomic E-state index is 0.262. The first-order valence-corrected chi connectivity index (χ1v) is 12.0. The predicted molar refractivity (Wildman–Crippen MR) is 137 cm³/mol. The second-order valence-electron chi connectivity index (χ2n) is 8.72. The van der Waals surface area contributed by atoms with Crippen LogP contribution in [0.2, 0.25) is 0 Å². The van der Waals surface area contributed by atoms with E-state index in [0.717, 1.165) is 46.6 Å². The predicted octanol–water partition coefficient (Wildman–Crippen LogP) is 4.36. The van der Waals surface area contributed by atoms with Gasteiger partial charge in [0, 0.05) is 29.7 Å². The fourth-order valence-electron chi connectivity index (χ4n) is 4.44. The van der Waals surface area contributed by atoms with E-state index in [1.165, 1.54) is 0 Å². The Morgan fingerprint density at radius 2 is 1.78 bits per heavy atom. The van der Waals surface area contributed by atoms with Crippen LogP contribution < -0.4 is 20.2 Å². The van der Waals surface area contributed by atoms with Crippen LogP contribution in [0.1, 0.15) is 61.8 Å². The van der Waals surface area contributed by atoms with Crippen LogP contribution in [-0.4, -0.2) is 38.3 Å². The zero-order chi connectivity index (χ0) is 25.7. The highest BCUT2D eigenvalue weighted by molar-refractivity contribution is 6.07. The molecule has 0 saturated heterocycles. The van der Waals surface area contributed by atoms with Gasteiger partial charge in [-0.1, -0.05) is 24.3 Å². The van der Waals surface area contributed by atoms with Gasteiger partial charge in [0.15, 0.2) is 17.3 Å². The van der Waals surface area contributed by atoms with Gasteiger partial charge in [0.25, 0.3) is 11.8 Å². The molecule has 2 aromatic carbocycles. The lowest BCUT2D eigenvalue weighted by Gasteiger charge is -2.13. The molecule has 1 heterocycles. The monoisotopic (exact) mass is 489 g/mol. The van der Waals surface area contributed by atoms with Gasteiger partial charge < -0.3 is 19.2 Å². The van der Waals surface area contributed by atoms with Gasteiger partial charge >= 0.3 is 0 Å². The van der Waals surface area contributed by atoms with Gasteiger partial charge in [-0.25, -0.2) is 5.43 Å². The molecule has 3 aromatic rings. The van der Waals surface area contributed by atoms with Crippen LogP contribution in [0.15, 0.2) is 52.0 Å². The zero-order valence-electron chi connectivity index (χ0n) is 21.1. The summed E-state index contributed by atoms with van der Waals surface area (Å²) in [5.74, 6) is 1.79. The number of fused-ring (bicyclic) bond motifs is 1. The van der Waals surface area contributed by atoms with E-state index in [-0.39, 0.29) is 17.6 Å². The van der Waals surface area contributed by atoms with Gasteiger partial charge in [-0.15, -0.1) is 0 Å². The first kappa shape index (κ1) is 25.0. The Balaban J connectivity index is 1.44. The highest BCUT2D eigenvalue weighted by Crippen LogP contribution is 2.30. The van der Waals surface area contributed by atoms with Crippen LogP contribution in [-0.2, 0) is 12.8 Å². The molecule has 0 bridgehead atoms. The smallest absolute Gasteiger partial charge is 0.287 e. The molecule has 4 rings (SSSR count). The number of benzene rings is 2. The third-order valence-corrected chi connectivity index (χ3v) is 6.36. The summed E-state index contributed by atoms with van der Waals surface area (Å²) < 4.78 is 16.6. The standard InChI is InChI=1S/C28H31N3O5/c1-17-8-5-6-9-20(17)27(32)31-30-21-10-7-11-23-25(21)18(2)26(36-23)28(33)29-15-14-19-12-13-22(34-3)24(16-19)35-4/h5-6,8-9,12-13,16H,7,10-11,14-15H2,1-4H3,(H,29,33)(H,31,32)/b30-21+. The van der Waals surface area contributed by atoms with Crippen molar-refractivity contribution in [2.75, 3.05) is 20.8 Å². The number of aryl methyl sites for hydroxylation is 2. The Morgan fingerprint density at radius 1 is 1.00 bits per heavy atom. The Morgan fingerprint density at radius 3 is 2.53 bits per heavy atom. The molecular weight excluding hydrogens is 458 g/mol. The number of rotatable bonds is 8. The largest absolute Gasteiger partial charge is 0.493 e. The summed E-state index contributed by atoms with van der Waals surface area (Å²) in [4.78, 5) is 25.5. The van der Waals surface area contributed by atoms with E-state index in [1.807, 2.05) is 50.2 Å². The number of nitrogens with one attached hydrogen (secondary N) is 2. The highest BCUT2D eigenvalue weighted by atomic mass is 16.5. The van der Waals surface area contributed by atoms with Crippen LogP contribution in [0.3, 0.4) is 0 Å². The summed E-state index contributed by atoms with van der Waals surface area (Å²) in [5, 5.41) is 7.35. The molecule has 0 unspecified atom stereocenters. The first-order chi connectivity index (χ1) is 17.4. The zero-order valence-corrected chi connectivity index (χ0v) is 21.1.